The lowest BCUT2D eigenvalue weighted by atomic mass is 10.0. The number of furan rings is 1. The van der Waals surface area contributed by atoms with Crippen LogP contribution in [0.15, 0.2) is 205 Å². The maximum atomic E-state index is 7.10. The summed E-state index contributed by atoms with van der Waals surface area (Å²) in [6.07, 6.45) is 0. The third-order valence-electron chi connectivity index (χ3n) is 13.7. The van der Waals surface area contributed by atoms with Gasteiger partial charge in [-0.1, -0.05) is 164 Å². The number of benzene rings is 10. The highest BCUT2D eigenvalue weighted by Crippen LogP contribution is 2.47. The minimum Gasteiger partial charge on any atom is -0.454 e. The lowest BCUT2D eigenvalue weighted by Crippen LogP contribution is -2.01. The first-order valence-electron chi connectivity index (χ1n) is 22.0. The SMILES string of the molecule is c1ccc(-c2nc(-c3cccc4ccccc34)nc(-c3ccc(-n4c5cc6c(cc5c5ccc7ccccc7c54)c4cccc5c7ccccc7n6c54)c4oc5ccccc5c34)n2)cc1. The molecule has 5 aromatic heterocycles. The van der Waals surface area contributed by atoms with Gasteiger partial charge in [0.25, 0.3) is 0 Å². The van der Waals surface area contributed by atoms with Gasteiger partial charge in [-0.3, -0.25) is 0 Å². The zero-order valence-electron chi connectivity index (χ0n) is 34.7. The second-order valence-electron chi connectivity index (χ2n) is 17.1. The molecule has 0 saturated carbocycles. The summed E-state index contributed by atoms with van der Waals surface area (Å²) < 4.78 is 12.0. The van der Waals surface area contributed by atoms with Crippen molar-refractivity contribution in [1.29, 1.82) is 0 Å². The van der Waals surface area contributed by atoms with Crippen LogP contribution < -0.4 is 0 Å². The predicted octanol–water partition coefficient (Wildman–Crippen LogP) is 15.3. The summed E-state index contributed by atoms with van der Waals surface area (Å²) in [5.74, 6) is 1.81. The fourth-order valence-corrected chi connectivity index (χ4v) is 10.9. The Hall–Kier alpha value is -8.87. The average Bonchev–Trinajstić information content (AvgIpc) is 4.12. The van der Waals surface area contributed by atoms with E-state index in [1.54, 1.807) is 0 Å². The molecule has 0 unspecified atom stereocenters. The van der Waals surface area contributed by atoms with E-state index in [0.717, 1.165) is 66.1 Å². The highest BCUT2D eigenvalue weighted by atomic mass is 16.3. The zero-order valence-corrected chi connectivity index (χ0v) is 34.7. The number of aromatic nitrogens is 5. The van der Waals surface area contributed by atoms with Gasteiger partial charge in [-0.05, 0) is 52.6 Å². The first-order valence-corrected chi connectivity index (χ1v) is 22.0. The largest absolute Gasteiger partial charge is 0.454 e. The number of rotatable bonds is 4. The van der Waals surface area contributed by atoms with Gasteiger partial charge in [-0.15, -0.1) is 0 Å². The Kier molecular flexibility index (Phi) is 6.86. The van der Waals surface area contributed by atoms with E-state index in [1.807, 2.05) is 24.3 Å². The molecule has 10 aromatic carbocycles. The van der Waals surface area contributed by atoms with Gasteiger partial charge in [0.2, 0.25) is 0 Å². The van der Waals surface area contributed by atoms with Crippen LogP contribution in [-0.4, -0.2) is 23.9 Å². The second kappa shape index (κ2) is 12.8. The summed E-state index contributed by atoms with van der Waals surface area (Å²) >= 11 is 0. The van der Waals surface area contributed by atoms with Crippen molar-refractivity contribution in [2.75, 3.05) is 0 Å². The van der Waals surface area contributed by atoms with E-state index in [-0.39, 0.29) is 0 Å². The Morgan fingerprint density at radius 1 is 0.354 bits per heavy atom. The minimum atomic E-state index is 0.580. The van der Waals surface area contributed by atoms with E-state index < -0.39 is 0 Å². The number of hydrogen-bond acceptors (Lipinski definition) is 4. The van der Waals surface area contributed by atoms with Crippen molar-refractivity contribution in [2.45, 2.75) is 0 Å². The number of fused-ring (bicyclic) bond motifs is 15. The van der Waals surface area contributed by atoms with E-state index in [2.05, 4.69) is 185 Å². The van der Waals surface area contributed by atoms with Crippen LogP contribution in [0.2, 0.25) is 0 Å². The number of nitrogens with zero attached hydrogens (tertiary/aromatic N) is 5. The Balaban J connectivity index is 1.07. The topological polar surface area (TPSA) is 61.2 Å². The molecule has 0 bridgehead atoms. The summed E-state index contributed by atoms with van der Waals surface area (Å²) in [7, 11) is 0. The van der Waals surface area contributed by atoms with Crippen LogP contribution in [0, 0.1) is 0 Å². The molecule has 0 aliphatic rings. The molecule has 15 aromatic rings. The summed E-state index contributed by atoms with van der Waals surface area (Å²) in [5, 5.41) is 13.9. The van der Waals surface area contributed by atoms with Gasteiger partial charge in [0.15, 0.2) is 23.1 Å². The summed E-state index contributed by atoms with van der Waals surface area (Å²) in [6.45, 7) is 0. The van der Waals surface area contributed by atoms with Crippen molar-refractivity contribution >= 4 is 103 Å². The van der Waals surface area contributed by atoms with E-state index in [9.17, 15) is 0 Å². The Labute approximate surface area is 370 Å². The molecule has 6 heteroatoms. The zero-order chi connectivity index (χ0) is 42.3. The van der Waals surface area contributed by atoms with Crippen molar-refractivity contribution in [2.24, 2.45) is 0 Å². The first-order chi connectivity index (χ1) is 32.2. The molecule has 0 spiro atoms. The standard InChI is InChI=1S/C59H33N5O/c1-2-16-36(17-3-1)57-60-58(43-25-12-18-34-14-4-6-19-37(34)43)62-59(61-57)45-30-31-49(56-53(45)44-22-9-11-27-52(44)65-56)64-51-33-50-46(32-47(51)42-29-28-35-15-5-7-20-38(35)54(42)64)41-24-13-23-40-39-21-8-10-26-48(39)63(50)55(40)41/h1-33H. The molecule has 0 aliphatic heterocycles. The van der Waals surface area contributed by atoms with E-state index in [1.165, 1.54) is 59.6 Å². The average molecular weight is 828 g/mol. The molecule has 5 heterocycles. The van der Waals surface area contributed by atoms with Gasteiger partial charge in [-0.2, -0.15) is 0 Å². The van der Waals surface area contributed by atoms with Crippen LogP contribution in [0.1, 0.15) is 0 Å². The van der Waals surface area contributed by atoms with Gasteiger partial charge >= 0.3 is 0 Å². The van der Waals surface area contributed by atoms with Crippen molar-refractivity contribution in [3.05, 3.63) is 200 Å². The molecule has 0 fully saturated rings. The van der Waals surface area contributed by atoms with Crippen LogP contribution >= 0.6 is 0 Å². The van der Waals surface area contributed by atoms with Crippen molar-refractivity contribution < 1.29 is 4.42 Å². The molecule has 0 aliphatic carbocycles. The Bertz CT molecular complexity index is 4480. The van der Waals surface area contributed by atoms with Crippen LogP contribution in [0.4, 0.5) is 0 Å². The van der Waals surface area contributed by atoms with E-state index >= 15 is 0 Å². The fourth-order valence-electron chi connectivity index (χ4n) is 10.9. The van der Waals surface area contributed by atoms with Crippen LogP contribution in [-0.2, 0) is 0 Å². The molecule has 6 nitrogen and oxygen atoms in total. The van der Waals surface area contributed by atoms with Crippen molar-refractivity contribution in [1.82, 2.24) is 23.9 Å². The molecule has 0 atom stereocenters. The maximum Gasteiger partial charge on any atom is 0.164 e. The van der Waals surface area contributed by atoms with Gasteiger partial charge in [0.1, 0.15) is 5.58 Å². The normalized spacial score (nSPS) is 12.3. The smallest absolute Gasteiger partial charge is 0.164 e. The number of para-hydroxylation sites is 3. The Morgan fingerprint density at radius 3 is 1.83 bits per heavy atom. The summed E-state index contributed by atoms with van der Waals surface area (Å²) in [5.41, 5.74) is 11.1. The monoisotopic (exact) mass is 827 g/mol. The van der Waals surface area contributed by atoms with Gasteiger partial charge in [0.05, 0.1) is 33.3 Å². The molecule has 0 N–H and O–H groups in total. The maximum absolute atomic E-state index is 7.10. The van der Waals surface area contributed by atoms with Crippen molar-refractivity contribution in [3.8, 4) is 39.9 Å². The van der Waals surface area contributed by atoms with Gasteiger partial charge < -0.3 is 13.4 Å². The highest BCUT2D eigenvalue weighted by Gasteiger charge is 2.26. The molecule has 0 radical (unpaired) electrons. The second-order valence-corrected chi connectivity index (χ2v) is 17.1. The quantitative estimate of drug-likeness (QED) is 0.177. The fraction of sp³-hybridized carbons (Fsp3) is 0. The predicted molar refractivity (Wildman–Crippen MR) is 267 cm³/mol. The van der Waals surface area contributed by atoms with Crippen LogP contribution in [0.25, 0.3) is 143 Å². The summed E-state index contributed by atoms with van der Waals surface area (Å²) in [6, 6.07) is 71.2. The van der Waals surface area contributed by atoms with E-state index in [0.29, 0.717) is 17.5 Å². The molecule has 300 valence electrons. The lowest BCUT2D eigenvalue weighted by molar-refractivity contribution is 0.666. The molecule has 0 amide bonds. The van der Waals surface area contributed by atoms with Crippen LogP contribution in [0.3, 0.4) is 0 Å². The first kappa shape index (κ1) is 34.7. The molecular weight excluding hydrogens is 795 g/mol. The third kappa shape index (κ3) is 4.74. The molecule has 0 saturated heterocycles. The lowest BCUT2D eigenvalue weighted by Gasteiger charge is -2.14. The Morgan fingerprint density at radius 2 is 0.969 bits per heavy atom. The molecule has 15 rings (SSSR count). The van der Waals surface area contributed by atoms with Gasteiger partial charge in [0, 0.05) is 65.2 Å². The third-order valence-corrected chi connectivity index (χ3v) is 13.7. The summed E-state index contributed by atoms with van der Waals surface area (Å²) in [4.78, 5) is 15.8. The molecule has 65 heavy (non-hydrogen) atoms. The minimum absolute atomic E-state index is 0.580. The van der Waals surface area contributed by atoms with E-state index in [4.69, 9.17) is 19.4 Å². The van der Waals surface area contributed by atoms with Crippen molar-refractivity contribution in [3.63, 3.8) is 0 Å². The van der Waals surface area contributed by atoms with Gasteiger partial charge in [-0.25, -0.2) is 15.0 Å². The van der Waals surface area contributed by atoms with Crippen LogP contribution in [0.5, 0.6) is 0 Å². The molecular formula is C59H33N5O. The highest BCUT2D eigenvalue weighted by molar-refractivity contribution is 6.28. The number of hydrogen-bond donors (Lipinski definition) is 0.